The predicted octanol–water partition coefficient (Wildman–Crippen LogP) is 2.81. The molecule has 0 aliphatic heterocycles. The van der Waals surface area contributed by atoms with Crippen LogP contribution in [0.2, 0.25) is 5.02 Å². The summed E-state index contributed by atoms with van der Waals surface area (Å²) in [5.74, 6) is -1.44. The number of hydrogen-bond acceptors (Lipinski definition) is 2. The normalized spacial score (nSPS) is 13.4. The number of amides is 1. The van der Waals surface area contributed by atoms with Crippen LogP contribution in [0.5, 0.6) is 0 Å². The molecule has 0 saturated heterocycles. The number of carboxylic acids is 1. The van der Waals surface area contributed by atoms with Gasteiger partial charge < -0.3 is 10.4 Å². The Morgan fingerprint density at radius 1 is 1.30 bits per heavy atom. The highest BCUT2D eigenvalue weighted by Crippen LogP contribution is 2.12. The van der Waals surface area contributed by atoms with Crippen molar-refractivity contribution in [3.05, 3.63) is 46.0 Å². The van der Waals surface area contributed by atoms with E-state index in [2.05, 4.69) is 5.32 Å². The third-order valence-corrected chi connectivity index (χ3v) is 3.27. The Kier molecular flexibility index (Phi) is 5.77. The van der Waals surface area contributed by atoms with Crippen molar-refractivity contribution >= 4 is 23.5 Å². The first kappa shape index (κ1) is 16.2. The Balaban J connectivity index is 2.67. The van der Waals surface area contributed by atoms with Gasteiger partial charge in [0.15, 0.2) is 0 Å². The summed E-state index contributed by atoms with van der Waals surface area (Å²) < 4.78 is 0. The Labute approximate surface area is 123 Å². The first-order valence-electron chi connectivity index (χ1n) is 6.27. The van der Waals surface area contributed by atoms with E-state index in [1.165, 1.54) is 13.8 Å². The molecule has 0 radical (unpaired) electrons. The molecule has 1 atom stereocenters. The van der Waals surface area contributed by atoms with E-state index >= 15 is 0 Å². The number of nitrogens with one attached hydrogen (secondary N) is 1. The Morgan fingerprint density at radius 2 is 1.95 bits per heavy atom. The zero-order valence-corrected chi connectivity index (χ0v) is 12.5. The highest BCUT2D eigenvalue weighted by molar-refractivity contribution is 6.30. The molecule has 0 fully saturated rings. The summed E-state index contributed by atoms with van der Waals surface area (Å²) in [5, 5.41) is 12.3. The summed E-state index contributed by atoms with van der Waals surface area (Å²) in [7, 11) is 0. The molecular formula is C15H18ClNO3. The molecule has 0 spiro atoms. The fraction of sp³-hybridized carbons (Fsp3) is 0.333. The minimum atomic E-state index is -1.08. The lowest BCUT2D eigenvalue weighted by Gasteiger charge is -2.15. The first-order chi connectivity index (χ1) is 9.31. The van der Waals surface area contributed by atoms with E-state index in [-0.39, 0.29) is 23.1 Å². The van der Waals surface area contributed by atoms with Crippen LogP contribution in [-0.4, -0.2) is 23.0 Å². The summed E-state index contributed by atoms with van der Waals surface area (Å²) >= 11 is 5.90. The molecule has 1 unspecified atom stereocenters. The molecule has 1 rings (SSSR count). The Hall–Kier alpha value is -1.81. The second-order valence-electron chi connectivity index (χ2n) is 4.76. The first-order valence-corrected chi connectivity index (χ1v) is 6.65. The zero-order chi connectivity index (χ0) is 15.3. The zero-order valence-electron chi connectivity index (χ0n) is 11.7. The second kappa shape index (κ2) is 7.10. The molecule has 0 aliphatic carbocycles. The third kappa shape index (κ3) is 4.70. The van der Waals surface area contributed by atoms with Crippen molar-refractivity contribution in [2.24, 2.45) is 0 Å². The summed E-state index contributed by atoms with van der Waals surface area (Å²) in [4.78, 5) is 22.7. The average Bonchev–Trinajstić information content (AvgIpc) is 2.36. The van der Waals surface area contributed by atoms with E-state index in [1.807, 2.05) is 25.1 Å². The summed E-state index contributed by atoms with van der Waals surface area (Å²) in [6, 6.07) is 7.30. The van der Waals surface area contributed by atoms with Crippen molar-refractivity contribution in [2.75, 3.05) is 0 Å². The number of carbonyl (C=O) groups is 2. The van der Waals surface area contributed by atoms with Gasteiger partial charge in [0.1, 0.15) is 0 Å². The number of carbonyl (C=O) groups excluding carboxylic acids is 1. The van der Waals surface area contributed by atoms with Crippen LogP contribution < -0.4 is 5.32 Å². The number of rotatable bonds is 5. The van der Waals surface area contributed by atoms with Gasteiger partial charge in [0.25, 0.3) is 0 Å². The van der Waals surface area contributed by atoms with Crippen LogP contribution >= 0.6 is 11.6 Å². The quantitative estimate of drug-likeness (QED) is 0.821. The molecule has 1 amide bonds. The highest BCUT2D eigenvalue weighted by Gasteiger charge is 2.14. The van der Waals surface area contributed by atoms with Gasteiger partial charge in [0.2, 0.25) is 5.91 Å². The number of carboxylic acid groups (broad SMARTS) is 1. The SMILES string of the molecule is CC(C(=O)O)=C(C)C(=O)NC(C)Cc1cccc(Cl)c1. The molecule has 1 aromatic carbocycles. The molecule has 0 aliphatic rings. The lowest BCUT2D eigenvalue weighted by molar-refractivity contribution is -0.133. The number of hydrogen-bond donors (Lipinski definition) is 2. The van der Waals surface area contributed by atoms with E-state index in [4.69, 9.17) is 16.7 Å². The molecule has 0 bridgehead atoms. The van der Waals surface area contributed by atoms with Gasteiger partial charge in [-0.15, -0.1) is 0 Å². The molecule has 108 valence electrons. The van der Waals surface area contributed by atoms with E-state index in [1.54, 1.807) is 6.07 Å². The van der Waals surface area contributed by atoms with Crippen molar-refractivity contribution in [1.29, 1.82) is 0 Å². The van der Waals surface area contributed by atoms with Gasteiger partial charge in [-0.05, 0) is 44.9 Å². The lowest BCUT2D eigenvalue weighted by atomic mass is 10.1. The largest absolute Gasteiger partial charge is 0.478 e. The van der Waals surface area contributed by atoms with Gasteiger partial charge in [-0.1, -0.05) is 23.7 Å². The highest BCUT2D eigenvalue weighted by atomic mass is 35.5. The van der Waals surface area contributed by atoms with E-state index < -0.39 is 5.97 Å². The van der Waals surface area contributed by atoms with Crippen molar-refractivity contribution < 1.29 is 14.7 Å². The number of benzene rings is 1. The van der Waals surface area contributed by atoms with Crippen molar-refractivity contribution in [1.82, 2.24) is 5.32 Å². The van der Waals surface area contributed by atoms with Crippen LogP contribution in [0.15, 0.2) is 35.4 Å². The molecule has 0 aromatic heterocycles. The molecule has 0 saturated carbocycles. The van der Waals surface area contributed by atoms with Gasteiger partial charge in [0, 0.05) is 22.2 Å². The van der Waals surface area contributed by atoms with Gasteiger partial charge in [-0.2, -0.15) is 0 Å². The van der Waals surface area contributed by atoms with E-state index in [9.17, 15) is 9.59 Å². The lowest BCUT2D eigenvalue weighted by Crippen LogP contribution is -2.35. The van der Waals surface area contributed by atoms with Crippen molar-refractivity contribution in [3.63, 3.8) is 0 Å². The smallest absolute Gasteiger partial charge is 0.331 e. The molecule has 20 heavy (non-hydrogen) atoms. The molecular weight excluding hydrogens is 278 g/mol. The Morgan fingerprint density at radius 3 is 2.50 bits per heavy atom. The fourth-order valence-electron chi connectivity index (χ4n) is 1.73. The second-order valence-corrected chi connectivity index (χ2v) is 5.20. The predicted molar refractivity (Wildman–Crippen MR) is 78.8 cm³/mol. The minimum absolute atomic E-state index is 0.0532. The van der Waals surface area contributed by atoms with Crippen LogP contribution in [0.1, 0.15) is 26.3 Å². The van der Waals surface area contributed by atoms with E-state index in [0.29, 0.717) is 11.4 Å². The monoisotopic (exact) mass is 295 g/mol. The van der Waals surface area contributed by atoms with Gasteiger partial charge >= 0.3 is 5.97 Å². The minimum Gasteiger partial charge on any atom is -0.478 e. The molecule has 4 nitrogen and oxygen atoms in total. The number of aliphatic carboxylic acids is 1. The molecule has 5 heteroatoms. The van der Waals surface area contributed by atoms with Crippen LogP contribution in [-0.2, 0) is 16.0 Å². The van der Waals surface area contributed by atoms with Gasteiger partial charge in [-0.25, -0.2) is 4.79 Å². The van der Waals surface area contributed by atoms with Crippen LogP contribution in [0.4, 0.5) is 0 Å². The van der Waals surface area contributed by atoms with Crippen molar-refractivity contribution in [3.8, 4) is 0 Å². The topological polar surface area (TPSA) is 66.4 Å². The summed E-state index contributed by atoms with van der Waals surface area (Å²) in [5.41, 5.74) is 1.29. The fourth-order valence-corrected chi connectivity index (χ4v) is 1.94. The van der Waals surface area contributed by atoms with Crippen molar-refractivity contribution in [2.45, 2.75) is 33.2 Å². The van der Waals surface area contributed by atoms with Crippen LogP contribution in [0.3, 0.4) is 0 Å². The van der Waals surface area contributed by atoms with Gasteiger partial charge in [0.05, 0.1) is 0 Å². The molecule has 2 N–H and O–H groups in total. The van der Waals surface area contributed by atoms with E-state index in [0.717, 1.165) is 5.56 Å². The third-order valence-electron chi connectivity index (χ3n) is 3.03. The van der Waals surface area contributed by atoms with Crippen LogP contribution in [0.25, 0.3) is 0 Å². The summed E-state index contributed by atoms with van der Waals surface area (Å²) in [6.07, 6.45) is 0.631. The molecule has 0 heterocycles. The maximum absolute atomic E-state index is 11.9. The maximum Gasteiger partial charge on any atom is 0.331 e. The maximum atomic E-state index is 11.9. The summed E-state index contributed by atoms with van der Waals surface area (Å²) in [6.45, 7) is 4.78. The van der Waals surface area contributed by atoms with Crippen LogP contribution in [0, 0.1) is 0 Å². The van der Waals surface area contributed by atoms with Gasteiger partial charge in [-0.3, -0.25) is 4.79 Å². The standard InChI is InChI=1S/C15H18ClNO3/c1-9(7-12-5-4-6-13(16)8-12)17-14(18)10(2)11(3)15(19)20/h4-6,8-9H,7H2,1-3H3,(H,17,18)(H,19,20). The number of halogens is 1. The molecule has 1 aromatic rings. The Bertz CT molecular complexity index is 552. The average molecular weight is 296 g/mol.